The molecule has 0 aromatic rings. The fourth-order valence-electron chi connectivity index (χ4n) is 0.749. The van der Waals surface area contributed by atoms with Gasteiger partial charge in [-0.15, -0.1) is 0 Å². The summed E-state index contributed by atoms with van der Waals surface area (Å²) in [5, 5.41) is 4.25. The molecular weight excluding hydrogens is 214 g/mol. The largest absolute Gasteiger partial charge is 0.464 e. The maximum atomic E-state index is 10.8. The van der Waals surface area contributed by atoms with E-state index in [0.717, 1.165) is 0 Å². The molecule has 0 amide bonds. The normalized spacial score (nSPS) is 22.4. The average molecular weight is 222 g/mol. The Balaban J connectivity index is 2.45. The lowest BCUT2D eigenvalue weighted by Gasteiger charge is -1.99. The van der Waals surface area contributed by atoms with E-state index in [1.165, 1.54) is 7.11 Å². The summed E-state index contributed by atoms with van der Waals surface area (Å²) in [5.41, 5.74) is 0.358. The number of alkyl halides is 1. The van der Waals surface area contributed by atoms with Gasteiger partial charge in [-0.1, -0.05) is 21.1 Å². The van der Waals surface area contributed by atoms with Crippen molar-refractivity contribution in [3.63, 3.8) is 0 Å². The van der Waals surface area contributed by atoms with Crippen LogP contribution in [-0.4, -0.2) is 30.2 Å². The first-order valence-corrected chi connectivity index (χ1v) is 4.27. The topological polar surface area (TPSA) is 47.9 Å². The van der Waals surface area contributed by atoms with Crippen molar-refractivity contribution in [2.45, 2.75) is 12.5 Å². The standard InChI is InChI=1S/C6H8BrNO3/c1-10-6(9)5-2-4(3-7)11-8-5/h4H,2-3H2,1H3/t4-/m1/s1. The van der Waals surface area contributed by atoms with Crippen molar-refractivity contribution < 1.29 is 14.4 Å². The molecule has 0 saturated heterocycles. The third-order valence-electron chi connectivity index (χ3n) is 1.33. The van der Waals surface area contributed by atoms with Crippen LogP contribution in [0.2, 0.25) is 0 Å². The molecule has 0 N–H and O–H groups in total. The van der Waals surface area contributed by atoms with Gasteiger partial charge in [0.1, 0.15) is 6.10 Å². The summed E-state index contributed by atoms with van der Waals surface area (Å²) in [7, 11) is 1.33. The third-order valence-corrected chi connectivity index (χ3v) is 2.05. The van der Waals surface area contributed by atoms with Crippen LogP contribution in [0.25, 0.3) is 0 Å². The van der Waals surface area contributed by atoms with Crippen molar-refractivity contribution in [3.05, 3.63) is 0 Å². The molecule has 0 unspecified atom stereocenters. The number of halogens is 1. The van der Waals surface area contributed by atoms with Crippen LogP contribution in [-0.2, 0) is 14.4 Å². The number of hydrogen-bond acceptors (Lipinski definition) is 4. The van der Waals surface area contributed by atoms with Gasteiger partial charge in [-0.25, -0.2) is 4.79 Å². The summed E-state index contributed by atoms with van der Waals surface area (Å²) in [5.74, 6) is -0.409. The fourth-order valence-corrected chi connectivity index (χ4v) is 1.10. The van der Waals surface area contributed by atoms with Crippen LogP contribution in [0, 0.1) is 0 Å². The van der Waals surface area contributed by atoms with Gasteiger partial charge in [0.2, 0.25) is 0 Å². The lowest BCUT2D eigenvalue weighted by atomic mass is 10.2. The molecule has 5 heteroatoms. The van der Waals surface area contributed by atoms with E-state index < -0.39 is 5.97 Å². The zero-order valence-corrected chi connectivity index (χ0v) is 7.63. The summed E-state index contributed by atoms with van der Waals surface area (Å²) >= 11 is 3.22. The number of esters is 1. The van der Waals surface area contributed by atoms with Gasteiger partial charge in [0.15, 0.2) is 5.71 Å². The summed E-state index contributed by atoms with van der Waals surface area (Å²) in [6, 6.07) is 0. The van der Waals surface area contributed by atoms with E-state index in [1.807, 2.05) is 0 Å². The number of rotatable bonds is 2. The van der Waals surface area contributed by atoms with Crippen LogP contribution in [0.1, 0.15) is 6.42 Å². The van der Waals surface area contributed by atoms with Crippen LogP contribution in [0.4, 0.5) is 0 Å². The fraction of sp³-hybridized carbons (Fsp3) is 0.667. The van der Waals surface area contributed by atoms with Gasteiger partial charge in [0, 0.05) is 11.8 Å². The molecule has 11 heavy (non-hydrogen) atoms. The van der Waals surface area contributed by atoms with Crippen LogP contribution in [0.5, 0.6) is 0 Å². The minimum atomic E-state index is -0.409. The van der Waals surface area contributed by atoms with Crippen molar-refractivity contribution in [2.24, 2.45) is 5.16 Å². The van der Waals surface area contributed by atoms with Gasteiger partial charge in [-0.05, 0) is 0 Å². The summed E-state index contributed by atoms with van der Waals surface area (Å²) in [6.07, 6.45) is 0.502. The van der Waals surface area contributed by atoms with E-state index >= 15 is 0 Å². The average Bonchev–Trinajstić information content (AvgIpc) is 2.50. The van der Waals surface area contributed by atoms with Crippen molar-refractivity contribution in [3.8, 4) is 0 Å². The Labute approximate surface area is 72.7 Å². The molecule has 0 fully saturated rings. The molecule has 1 atom stereocenters. The van der Waals surface area contributed by atoms with Gasteiger partial charge < -0.3 is 9.57 Å². The maximum absolute atomic E-state index is 10.8. The number of nitrogens with zero attached hydrogens (tertiary/aromatic N) is 1. The smallest absolute Gasteiger partial charge is 0.355 e. The third kappa shape index (κ3) is 1.92. The second-order valence-corrected chi connectivity index (χ2v) is 2.76. The number of carbonyl (C=O) groups excluding carboxylic acids is 1. The zero-order valence-electron chi connectivity index (χ0n) is 6.04. The molecule has 0 aliphatic carbocycles. The number of oxime groups is 1. The molecule has 62 valence electrons. The van der Waals surface area contributed by atoms with Gasteiger partial charge >= 0.3 is 5.97 Å². The van der Waals surface area contributed by atoms with Gasteiger partial charge in [0.05, 0.1) is 7.11 Å². The van der Waals surface area contributed by atoms with Gasteiger partial charge in [0.25, 0.3) is 0 Å². The minimum absolute atomic E-state index is 0.0240. The number of hydrogen-bond donors (Lipinski definition) is 0. The Hall–Kier alpha value is -0.580. The van der Waals surface area contributed by atoms with Crippen molar-refractivity contribution in [1.82, 2.24) is 0 Å². The lowest BCUT2D eigenvalue weighted by Crippen LogP contribution is -2.17. The van der Waals surface area contributed by atoms with E-state index in [-0.39, 0.29) is 6.10 Å². The van der Waals surface area contributed by atoms with E-state index in [9.17, 15) is 4.79 Å². The van der Waals surface area contributed by atoms with Gasteiger partial charge in [-0.2, -0.15) is 0 Å². The highest BCUT2D eigenvalue weighted by Gasteiger charge is 2.25. The Kier molecular flexibility index (Phi) is 2.87. The predicted octanol–water partition coefficient (Wildman–Crippen LogP) is 0.699. The molecule has 0 aromatic heterocycles. The number of carbonyl (C=O) groups is 1. The maximum Gasteiger partial charge on any atom is 0.355 e. The van der Waals surface area contributed by atoms with E-state index in [0.29, 0.717) is 17.5 Å². The predicted molar refractivity (Wildman–Crippen MR) is 42.7 cm³/mol. The second-order valence-electron chi connectivity index (χ2n) is 2.12. The van der Waals surface area contributed by atoms with E-state index in [4.69, 9.17) is 4.84 Å². The molecule has 0 aromatic carbocycles. The number of methoxy groups -OCH3 is 1. The molecule has 1 rings (SSSR count). The second kappa shape index (κ2) is 3.71. The quantitative estimate of drug-likeness (QED) is 0.510. The summed E-state index contributed by atoms with van der Waals surface area (Å²) in [6.45, 7) is 0. The lowest BCUT2D eigenvalue weighted by molar-refractivity contribution is -0.132. The molecule has 0 saturated carbocycles. The monoisotopic (exact) mass is 221 g/mol. The Morgan fingerprint density at radius 3 is 3.18 bits per heavy atom. The molecule has 4 nitrogen and oxygen atoms in total. The Morgan fingerprint density at radius 2 is 2.73 bits per heavy atom. The molecule has 0 radical (unpaired) electrons. The molecule has 0 spiro atoms. The summed E-state index contributed by atoms with van der Waals surface area (Å²) < 4.78 is 4.46. The SMILES string of the molecule is COC(=O)C1=NO[C@@H](CBr)C1. The molecule has 1 heterocycles. The van der Waals surface area contributed by atoms with Crippen molar-refractivity contribution in [1.29, 1.82) is 0 Å². The first-order chi connectivity index (χ1) is 5.27. The van der Waals surface area contributed by atoms with Crippen LogP contribution >= 0.6 is 15.9 Å². The Bertz CT molecular complexity index is 192. The minimum Gasteiger partial charge on any atom is -0.464 e. The summed E-state index contributed by atoms with van der Waals surface area (Å²) in [4.78, 5) is 15.7. The van der Waals surface area contributed by atoms with E-state index in [2.05, 4.69) is 25.8 Å². The van der Waals surface area contributed by atoms with Gasteiger partial charge in [-0.3, -0.25) is 0 Å². The zero-order chi connectivity index (χ0) is 8.27. The molecule has 1 aliphatic rings. The first-order valence-electron chi connectivity index (χ1n) is 3.15. The molecular formula is C6H8BrNO3. The molecule has 0 bridgehead atoms. The van der Waals surface area contributed by atoms with Crippen LogP contribution in [0.15, 0.2) is 5.16 Å². The molecule has 1 aliphatic heterocycles. The highest BCUT2D eigenvalue weighted by Crippen LogP contribution is 2.12. The highest BCUT2D eigenvalue weighted by atomic mass is 79.9. The highest BCUT2D eigenvalue weighted by molar-refractivity contribution is 9.09. The number of ether oxygens (including phenoxy) is 1. The van der Waals surface area contributed by atoms with Crippen LogP contribution < -0.4 is 0 Å². The Morgan fingerprint density at radius 1 is 2.00 bits per heavy atom. The van der Waals surface area contributed by atoms with E-state index in [1.54, 1.807) is 0 Å². The van der Waals surface area contributed by atoms with Crippen LogP contribution in [0.3, 0.4) is 0 Å². The first kappa shape index (κ1) is 8.52. The van der Waals surface area contributed by atoms with Crippen molar-refractivity contribution >= 4 is 27.6 Å². The van der Waals surface area contributed by atoms with Crippen molar-refractivity contribution in [2.75, 3.05) is 12.4 Å².